The quantitative estimate of drug-likeness (QED) is 0.601. The Balaban J connectivity index is 1.57. The second kappa shape index (κ2) is 7.59. The van der Waals surface area contributed by atoms with Gasteiger partial charge in [-0.15, -0.1) is 0 Å². The van der Waals surface area contributed by atoms with Crippen LogP contribution in [0.25, 0.3) is 11.0 Å². The lowest BCUT2D eigenvalue weighted by Crippen LogP contribution is -2.47. The Morgan fingerprint density at radius 1 is 0.968 bits per heavy atom. The molecule has 0 spiro atoms. The van der Waals surface area contributed by atoms with Crippen LogP contribution in [0.1, 0.15) is 16.7 Å². The van der Waals surface area contributed by atoms with E-state index in [0.29, 0.717) is 5.95 Å². The number of nitrogens with one attached hydrogen (secondary N) is 1. The maximum absolute atomic E-state index is 13.3. The first-order valence-corrected chi connectivity index (χ1v) is 9.30. The molecule has 6 nitrogen and oxygen atoms in total. The average Bonchev–Trinajstić information content (AvgIpc) is 3.16. The van der Waals surface area contributed by atoms with Crippen molar-refractivity contribution in [3.63, 3.8) is 0 Å². The van der Waals surface area contributed by atoms with Gasteiger partial charge in [0.05, 0.1) is 28.8 Å². The number of hydrogen-bond acceptors (Lipinski definition) is 5. The van der Waals surface area contributed by atoms with Crippen LogP contribution in [-0.2, 0) is 19.0 Å². The van der Waals surface area contributed by atoms with Crippen molar-refractivity contribution < 1.29 is 31.4 Å². The Bertz CT molecular complexity index is 1090. The maximum atomic E-state index is 13.3. The SMILES string of the molecule is OCc1cc(C(F)(F)F)cc2[nH]c(N3CCN(c4ncccc4C(F)(F)F)CC3)nc12. The van der Waals surface area contributed by atoms with Crippen LogP contribution < -0.4 is 9.80 Å². The van der Waals surface area contributed by atoms with E-state index in [1.165, 1.54) is 17.2 Å². The molecule has 0 aliphatic carbocycles. The number of H-pyrrole nitrogens is 1. The number of piperazine rings is 1. The van der Waals surface area contributed by atoms with Crippen molar-refractivity contribution in [1.82, 2.24) is 15.0 Å². The minimum atomic E-state index is -4.58. The largest absolute Gasteiger partial charge is 0.419 e. The third-order valence-electron chi connectivity index (χ3n) is 5.12. The lowest BCUT2D eigenvalue weighted by molar-refractivity contribution is -0.138. The molecule has 12 heteroatoms. The molecule has 0 unspecified atom stereocenters. The molecule has 1 aromatic carbocycles. The van der Waals surface area contributed by atoms with E-state index < -0.39 is 30.1 Å². The van der Waals surface area contributed by atoms with E-state index in [4.69, 9.17) is 0 Å². The predicted octanol–water partition coefficient (Wildman–Crippen LogP) is 3.81. The lowest BCUT2D eigenvalue weighted by Gasteiger charge is -2.36. The number of pyridine rings is 1. The summed E-state index contributed by atoms with van der Waals surface area (Å²) in [5.41, 5.74) is -1.34. The summed E-state index contributed by atoms with van der Waals surface area (Å²) in [5, 5.41) is 9.46. The highest BCUT2D eigenvalue weighted by Crippen LogP contribution is 2.36. The molecule has 1 aliphatic rings. The summed E-state index contributed by atoms with van der Waals surface area (Å²) in [6.45, 7) is 0.399. The molecular formula is C19H17F6N5O. The molecule has 3 aromatic rings. The Labute approximate surface area is 172 Å². The van der Waals surface area contributed by atoms with Crippen LogP contribution >= 0.6 is 0 Å². The van der Waals surface area contributed by atoms with E-state index in [2.05, 4.69) is 15.0 Å². The fraction of sp³-hybridized carbons (Fsp3) is 0.368. The molecule has 166 valence electrons. The van der Waals surface area contributed by atoms with E-state index in [1.54, 1.807) is 4.90 Å². The zero-order valence-electron chi connectivity index (χ0n) is 15.9. The van der Waals surface area contributed by atoms with Gasteiger partial charge in [0, 0.05) is 37.9 Å². The number of anilines is 2. The third-order valence-corrected chi connectivity index (χ3v) is 5.12. The number of rotatable bonds is 3. The van der Waals surface area contributed by atoms with Crippen LogP contribution in [0.3, 0.4) is 0 Å². The number of nitrogens with zero attached hydrogens (tertiary/aromatic N) is 4. The van der Waals surface area contributed by atoms with Crippen molar-refractivity contribution in [2.75, 3.05) is 36.0 Å². The fourth-order valence-corrected chi connectivity index (χ4v) is 3.61. The minimum absolute atomic E-state index is 0.0364. The second-order valence-electron chi connectivity index (χ2n) is 7.09. The monoisotopic (exact) mass is 445 g/mol. The number of hydrogen-bond donors (Lipinski definition) is 2. The molecule has 4 rings (SSSR count). The normalized spacial score (nSPS) is 15.7. The van der Waals surface area contributed by atoms with Gasteiger partial charge in [0.1, 0.15) is 5.82 Å². The Hall–Kier alpha value is -3.02. The summed E-state index contributed by atoms with van der Waals surface area (Å²) in [4.78, 5) is 14.3. The number of benzene rings is 1. The van der Waals surface area contributed by atoms with Crippen molar-refractivity contribution in [3.8, 4) is 0 Å². The number of fused-ring (bicyclic) bond motifs is 1. The van der Waals surface area contributed by atoms with Gasteiger partial charge >= 0.3 is 12.4 Å². The molecule has 0 amide bonds. The van der Waals surface area contributed by atoms with Crippen LogP contribution in [0.5, 0.6) is 0 Å². The first-order valence-electron chi connectivity index (χ1n) is 9.30. The Morgan fingerprint density at radius 3 is 2.26 bits per heavy atom. The summed E-state index contributed by atoms with van der Waals surface area (Å²) in [5.74, 6) is 0.136. The number of aliphatic hydroxyl groups is 1. The first kappa shape index (κ1) is 21.2. The van der Waals surface area contributed by atoms with Crippen LogP contribution in [0.4, 0.5) is 38.1 Å². The molecule has 0 atom stereocenters. The standard InChI is InChI=1S/C19H17F6N5O/c20-18(21,22)12-8-11(10-31)15-14(9-12)27-17(28-15)30-6-4-29(5-7-30)16-13(19(23,24)25)2-1-3-26-16/h1-3,8-9,31H,4-7,10H2,(H,27,28). The summed E-state index contributed by atoms with van der Waals surface area (Å²) >= 11 is 0. The van der Waals surface area contributed by atoms with Crippen molar-refractivity contribution in [2.24, 2.45) is 0 Å². The molecular weight excluding hydrogens is 428 g/mol. The summed E-state index contributed by atoms with van der Waals surface area (Å²) in [7, 11) is 0. The molecule has 0 radical (unpaired) electrons. The van der Waals surface area contributed by atoms with Crippen LogP contribution in [0.2, 0.25) is 0 Å². The molecule has 31 heavy (non-hydrogen) atoms. The summed E-state index contributed by atoms with van der Waals surface area (Å²) in [6.07, 6.45) is -7.81. The number of aliphatic hydroxyl groups excluding tert-OH is 1. The lowest BCUT2D eigenvalue weighted by atomic mass is 10.1. The second-order valence-corrected chi connectivity index (χ2v) is 7.09. The smallest absolute Gasteiger partial charge is 0.392 e. The molecule has 3 heterocycles. The van der Waals surface area contributed by atoms with Crippen molar-refractivity contribution in [2.45, 2.75) is 19.0 Å². The number of aromatic nitrogens is 3. The number of aromatic amines is 1. The Morgan fingerprint density at radius 2 is 1.65 bits per heavy atom. The number of imidazole rings is 1. The Kier molecular flexibility index (Phi) is 5.20. The van der Waals surface area contributed by atoms with E-state index in [0.717, 1.165) is 18.2 Å². The predicted molar refractivity (Wildman–Crippen MR) is 101 cm³/mol. The van der Waals surface area contributed by atoms with Gasteiger partial charge in [-0.3, -0.25) is 0 Å². The third kappa shape index (κ3) is 4.11. The van der Waals surface area contributed by atoms with Gasteiger partial charge in [0.2, 0.25) is 5.95 Å². The fourth-order valence-electron chi connectivity index (χ4n) is 3.61. The number of alkyl halides is 6. The summed E-state index contributed by atoms with van der Waals surface area (Å²) < 4.78 is 79.1. The summed E-state index contributed by atoms with van der Waals surface area (Å²) in [6, 6.07) is 3.98. The zero-order chi connectivity index (χ0) is 22.4. The van der Waals surface area contributed by atoms with Crippen molar-refractivity contribution in [3.05, 3.63) is 47.2 Å². The van der Waals surface area contributed by atoms with E-state index >= 15 is 0 Å². The minimum Gasteiger partial charge on any atom is -0.392 e. The molecule has 0 saturated carbocycles. The maximum Gasteiger partial charge on any atom is 0.419 e. The molecule has 2 N–H and O–H groups in total. The highest BCUT2D eigenvalue weighted by Gasteiger charge is 2.36. The van der Waals surface area contributed by atoms with Gasteiger partial charge in [-0.1, -0.05) is 0 Å². The average molecular weight is 445 g/mol. The van der Waals surface area contributed by atoms with Gasteiger partial charge in [0.15, 0.2) is 0 Å². The molecule has 1 saturated heterocycles. The molecule has 0 bridgehead atoms. The number of halogens is 6. The molecule has 2 aromatic heterocycles. The van der Waals surface area contributed by atoms with E-state index in [-0.39, 0.29) is 48.6 Å². The topological polar surface area (TPSA) is 68.3 Å². The van der Waals surface area contributed by atoms with Gasteiger partial charge < -0.3 is 19.9 Å². The first-order chi connectivity index (χ1) is 14.6. The van der Waals surface area contributed by atoms with Crippen LogP contribution in [0, 0.1) is 0 Å². The van der Waals surface area contributed by atoms with Gasteiger partial charge in [-0.05, 0) is 24.3 Å². The van der Waals surface area contributed by atoms with Crippen LogP contribution in [-0.4, -0.2) is 46.2 Å². The van der Waals surface area contributed by atoms with E-state index in [1.807, 2.05) is 0 Å². The van der Waals surface area contributed by atoms with Crippen molar-refractivity contribution >= 4 is 22.8 Å². The van der Waals surface area contributed by atoms with E-state index in [9.17, 15) is 31.4 Å². The molecule has 1 fully saturated rings. The van der Waals surface area contributed by atoms with Gasteiger partial charge in [-0.2, -0.15) is 26.3 Å². The van der Waals surface area contributed by atoms with Gasteiger partial charge in [0.25, 0.3) is 0 Å². The van der Waals surface area contributed by atoms with Gasteiger partial charge in [-0.25, -0.2) is 9.97 Å². The molecule has 1 aliphatic heterocycles. The van der Waals surface area contributed by atoms with Crippen LogP contribution in [0.15, 0.2) is 30.5 Å². The highest BCUT2D eigenvalue weighted by molar-refractivity contribution is 5.82. The van der Waals surface area contributed by atoms with Crippen molar-refractivity contribution in [1.29, 1.82) is 0 Å². The zero-order valence-corrected chi connectivity index (χ0v) is 15.9. The highest BCUT2D eigenvalue weighted by atomic mass is 19.4.